The smallest absolute Gasteiger partial charge is 0.149 e. The summed E-state index contributed by atoms with van der Waals surface area (Å²) in [7, 11) is 1.88. The van der Waals surface area contributed by atoms with Crippen molar-refractivity contribution in [3.8, 4) is 5.69 Å². The summed E-state index contributed by atoms with van der Waals surface area (Å²) in [6.07, 6.45) is 1.68. The molecule has 1 aromatic carbocycles. The lowest BCUT2D eigenvalue weighted by Gasteiger charge is -2.17. The third kappa shape index (κ3) is 2.61. The molecule has 0 aliphatic carbocycles. The van der Waals surface area contributed by atoms with E-state index in [-0.39, 0.29) is 11.9 Å². The van der Waals surface area contributed by atoms with E-state index in [4.69, 9.17) is 0 Å². The second kappa shape index (κ2) is 6.18. The Kier molecular flexibility index (Phi) is 4.55. The number of nitrogens with zero attached hydrogens (tertiary/aromatic N) is 2. The van der Waals surface area contributed by atoms with Gasteiger partial charge in [0, 0.05) is 11.7 Å². The summed E-state index contributed by atoms with van der Waals surface area (Å²) in [6, 6.07) is 7.32. The highest BCUT2D eigenvalue weighted by atomic mass is 19.1. The molecule has 0 spiro atoms. The molecule has 0 radical (unpaired) electrons. The Morgan fingerprint density at radius 2 is 2.05 bits per heavy atom. The first-order valence-corrected chi connectivity index (χ1v) is 7.16. The summed E-state index contributed by atoms with van der Waals surface area (Å²) in [5.74, 6) is -0.231. The largest absolute Gasteiger partial charge is 0.313 e. The first-order valence-electron chi connectivity index (χ1n) is 7.16. The Balaban J connectivity index is 2.65. The lowest BCUT2D eigenvalue weighted by atomic mass is 10.1. The van der Waals surface area contributed by atoms with E-state index in [1.807, 2.05) is 20.0 Å². The van der Waals surface area contributed by atoms with Gasteiger partial charge >= 0.3 is 0 Å². The molecule has 0 saturated heterocycles. The van der Waals surface area contributed by atoms with E-state index in [1.54, 1.807) is 10.7 Å². The van der Waals surface area contributed by atoms with Crippen molar-refractivity contribution in [1.29, 1.82) is 0 Å². The van der Waals surface area contributed by atoms with Crippen molar-refractivity contribution in [3.05, 3.63) is 47.0 Å². The van der Waals surface area contributed by atoms with Crippen molar-refractivity contribution in [2.75, 3.05) is 7.05 Å². The maximum atomic E-state index is 14.4. The molecule has 1 aromatic heterocycles. The number of aryl methyl sites for hydroxylation is 2. The number of rotatable bonds is 5. The summed E-state index contributed by atoms with van der Waals surface area (Å²) in [5, 5.41) is 7.73. The Morgan fingerprint density at radius 3 is 2.65 bits per heavy atom. The molecule has 0 fully saturated rings. The SMILES string of the molecule is CCc1cc(CC)n(-c2c(F)cccc2C(C)NC)n1. The monoisotopic (exact) mass is 275 g/mol. The van der Waals surface area contributed by atoms with Crippen LogP contribution < -0.4 is 5.32 Å². The minimum atomic E-state index is -0.231. The Bertz CT molecular complexity index is 589. The first kappa shape index (κ1) is 14.7. The molecular formula is C16H22FN3. The number of nitrogens with one attached hydrogen (secondary N) is 1. The molecule has 1 N–H and O–H groups in total. The van der Waals surface area contributed by atoms with Crippen molar-refractivity contribution in [1.82, 2.24) is 15.1 Å². The van der Waals surface area contributed by atoms with Crippen LogP contribution in [-0.4, -0.2) is 16.8 Å². The normalized spacial score (nSPS) is 12.7. The lowest BCUT2D eigenvalue weighted by Crippen LogP contribution is -2.17. The molecule has 1 atom stereocenters. The summed E-state index contributed by atoms with van der Waals surface area (Å²) in [5.41, 5.74) is 3.52. The van der Waals surface area contributed by atoms with E-state index in [1.165, 1.54) is 6.07 Å². The van der Waals surface area contributed by atoms with E-state index >= 15 is 0 Å². The van der Waals surface area contributed by atoms with Crippen LogP contribution in [0.1, 0.15) is 43.8 Å². The molecule has 0 aliphatic heterocycles. The predicted octanol–water partition coefficient (Wildman–Crippen LogP) is 3.42. The van der Waals surface area contributed by atoms with Crippen LogP contribution in [0, 0.1) is 5.82 Å². The van der Waals surface area contributed by atoms with Crippen LogP contribution >= 0.6 is 0 Å². The molecule has 0 amide bonds. The predicted molar refractivity (Wildman–Crippen MR) is 79.8 cm³/mol. The van der Waals surface area contributed by atoms with Gasteiger partial charge in [0.25, 0.3) is 0 Å². The number of hydrogen-bond donors (Lipinski definition) is 1. The van der Waals surface area contributed by atoms with Gasteiger partial charge in [-0.05, 0) is 44.5 Å². The number of para-hydroxylation sites is 1. The van der Waals surface area contributed by atoms with Crippen LogP contribution in [-0.2, 0) is 12.8 Å². The third-order valence-electron chi connectivity index (χ3n) is 3.69. The van der Waals surface area contributed by atoms with Crippen LogP contribution in [0.3, 0.4) is 0 Å². The number of aromatic nitrogens is 2. The summed E-state index contributed by atoms with van der Waals surface area (Å²) < 4.78 is 16.1. The summed E-state index contributed by atoms with van der Waals surface area (Å²) in [4.78, 5) is 0. The zero-order valence-corrected chi connectivity index (χ0v) is 12.6. The minimum absolute atomic E-state index is 0.0692. The second-order valence-electron chi connectivity index (χ2n) is 4.93. The highest BCUT2D eigenvalue weighted by Crippen LogP contribution is 2.26. The van der Waals surface area contributed by atoms with Gasteiger partial charge in [-0.1, -0.05) is 26.0 Å². The zero-order valence-electron chi connectivity index (χ0n) is 12.6. The maximum Gasteiger partial charge on any atom is 0.149 e. The fourth-order valence-electron chi connectivity index (χ4n) is 2.35. The van der Waals surface area contributed by atoms with E-state index < -0.39 is 0 Å². The van der Waals surface area contributed by atoms with Gasteiger partial charge in [-0.3, -0.25) is 0 Å². The van der Waals surface area contributed by atoms with Crippen molar-refractivity contribution >= 4 is 0 Å². The molecular weight excluding hydrogens is 253 g/mol. The van der Waals surface area contributed by atoms with Gasteiger partial charge in [-0.15, -0.1) is 0 Å². The van der Waals surface area contributed by atoms with E-state index in [9.17, 15) is 4.39 Å². The van der Waals surface area contributed by atoms with Crippen molar-refractivity contribution in [3.63, 3.8) is 0 Å². The molecule has 2 aromatic rings. The van der Waals surface area contributed by atoms with Crippen molar-refractivity contribution in [2.24, 2.45) is 0 Å². The van der Waals surface area contributed by atoms with Gasteiger partial charge < -0.3 is 5.32 Å². The molecule has 0 aliphatic rings. The molecule has 1 heterocycles. The lowest BCUT2D eigenvalue weighted by molar-refractivity contribution is 0.583. The quantitative estimate of drug-likeness (QED) is 0.906. The van der Waals surface area contributed by atoms with Crippen molar-refractivity contribution < 1.29 is 4.39 Å². The van der Waals surface area contributed by atoms with E-state index in [0.29, 0.717) is 5.69 Å². The average molecular weight is 275 g/mol. The van der Waals surface area contributed by atoms with E-state index in [2.05, 4.69) is 30.3 Å². The molecule has 108 valence electrons. The zero-order chi connectivity index (χ0) is 14.7. The third-order valence-corrected chi connectivity index (χ3v) is 3.69. The van der Waals surface area contributed by atoms with Gasteiger partial charge in [-0.25, -0.2) is 9.07 Å². The first-order chi connectivity index (χ1) is 9.62. The molecule has 0 saturated carbocycles. The number of halogens is 1. The maximum absolute atomic E-state index is 14.4. The van der Waals surface area contributed by atoms with Crippen LogP contribution in [0.5, 0.6) is 0 Å². The molecule has 20 heavy (non-hydrogen) atoms. The summed E-state index contributed by atoms with van der Waals surface area (Å²) >= 11 is 0. The van der Waals surface area contributed by atoms with Crippen LogP contribution in [0.25, 0.3) is 5.69 Å². The number of hydrogen-bond acceptors (Lipinski definition) is 2. The van der Waals surface area contributed by atoms with Gasteiger partial charge in [0.2, 0.25) is 0 Å². The fraction of sp³-hybridized carbons (Fsp3) is 0.438. The van der Waals surface area contributed by atoms with Gasteiger partial charge in [0.1, 0.15) is 11.5 Å². The van der Waals surface area contributed by atoms with Crippen LogP contribution in [0.15, 0.2) is 24.3 Å². The Hall–Kier alpha value is -1.68. The highest BCUT2D eigenvalue weighted by molar-refractivity contribution is 5.45. The Labute approximate surface area is 119 Å². The van der Waals surface area contributed by atoms with E-state index in [0.717, 1.165) is 29.8 Å². The average Bonchev–Trinajstić information content (AvgIpc) is 2.89. The van der Waals surface area contributed by atoms with Gasteiger partial charge in [-0.2, -0.15) is 5.10 Å². The molecule has 0 bridgehead atoms. The Morgan fingerprint density at radius 1 is 1.30 bits per heavy atom. The molecule has 1 unspecified atom stereocenters. The highest BCUT2D eigenvalue weighted by Gasteiger charge is 2.18. The second-order valence-corrected chi connectivity index (χ2v) is 4.93. The molecule has 2 rings (SSSR count). The molecule has 4 heteroatoms. The van der Waals surface area contributed by atoms with Gasteiger partial charge in [0.15, 0.2) is 0 Å². The minimum Gasteiger partial charge on any atom is -0.313 e. The van der Waals surface area contributed by atoms with Crippen LogP contribution in [0.4, 0.5) is 4.39 Å². The van der Waals surface area contributed by atoms with Crippen molar-refractivity contribution in [2.45, 2.75) is 39.7 Å². The topological polar surface area (TPSA) is 29.9 Å². The summed E-state index contributed by atoms with van der Waals surface area (Å²) in [6.45, 7) is 6.15. The molecule has 3 nitrogen and oxygen atoms in total. The van der Waals surface area contributed by atoms with Gasteiger partial charge in [0.05, 0.1) is 5.69 Å². The fourth-order valence-corrected chi connectivity index (χ4v) is 2.35. The van der Waals surface area contributed by atoms with Crippen LogP contribution in [0.2, 0.25) is 0 Å². The standard InChI is InChI=1S/C16H22FN3/c1-5-12-10-13(6-2)20(19-12)16-14(11(3)18-4)8-7-9-15(16)17/h7-11,18H,5-6H2,1-4H3. The number of benzene rings is 1.